The van der Waals surface area contributed by atoms with E-state index in [0.717, 1.165) is 18.5 Å². The summed E-state index contributed by atoms with van der Waals surface area (Å²) in [4.78, 5) is 2.48. The molecule has 1 N–H and O–H groups in total. The van der Waals surface area contributed by atoms with Crippen LogP contribution in [0.1, 0.15) is 121 Å². The lowest BCUT2D eigenvalue weighted by molar-refractivity contribution is 0.218. The summed E-state index contributed by atoms with van der Waals surface area (Å²) in [6, 6.07) is 6.40. The molecule has 1 aliphatic rings. The Morgan fingerprint density at radius 3 is 1.83 bits per heavy atom. The molecule has 0 atom stereocenters. The maximum absolute atomic E-state index is 10.4. The number of phenols is 1. The van der Waals surface area contributed by atoms with Crippen LogP contribution in [-0.2, 0) is 13.0 Å². The first kappa shape index (κ1) is 24.3. The van der Waals surface area contributed by atoms with Crippen molar-refractivity contribution in [1.29, 1.82) is 0 Å². The fourth-order valence-electron chi connectivity index (χ4n) is 4.60. The number of hydrogen-bond donors (Lipinski definition) is 1. The minimum absolute atomic E-state index is 0.503. The van der Waals surface area contributed by atoms with Crippen molar-refractivity contribution in [2.45, 2.75) is 123 Å². The van der Waals surface area contributed by atoms with Gasteiger partial charge in [-0.2, -0.15) is 0 Å². The number of rotatable bonds is 16. The van der Waals surface area contributed by atoms with Gasteiger partial charge in [-0.15, -0.1) is 0 Å². The molecule has 0 radical (unpaired) electrons. The highest BCUT2D eigenvalue weighted by molar-refractivity contribution is 5.36. The monoisotopic (exact) mass is 401 g/mol. The highest BCUT2D eigenvalue weighted by Crippen LogP contribution is 2.23. The molecule has 1 heterocycles. The van der Waals surface area contributed by atoms with Gasteiger partial charge in [0, 0.05) is 12.1 Å². The van der Waals surface area contributed by atoms with Crippen molar-refractivity contribution in [2.75, 3.05) is 13.1 Å². The Kier molecular flexibility index (Phi) is 13.2. The Bertz CT molecular complexity index is 521. The van der Waals surface area contributed by atoms with E-state index in [2.05, 4.69) is 24.0 Å². The Balaban J connectivity index is 1.46. The van der Waals surface area contributed by atoms with E-state index in [1.54, 1.807) is 0 Å². The van der Waals surface area contributed by atoms with Gasteiger partial charge in [0.15, 0.2) is 0 Å². The molecule has 0 amide bonds. The number of aryl methyl sites for hydroxylation is 1. The number of aromatic hydroxyl groups is 1. The maximum atomic E-state index is 10.4. The van der Waals surface area contributed by atoms with E-state index in [1.165, 1.54) is 121 Å². The molecule has 1 aromatic carbocycles. The Morgan fingerprint density at radius 2 is 1.28 bits per heavy atom. The molecule has 166 valence electrons. The van der Waals surface area contributed by atoms with Gasteiger partial charge in [0.1, 0.15) is 5.75 Å². The highest BCUT2D eigenvalue weighted by atomic mass is 16.3. The molecule has 0 unspecified atom stereocenters. The molecule has 2 heteroatoms. The van der Waals surface area contributed by atoms with Crippen LogP contribution in [0.2, 0.25) is 0 Å². The third-order valence-electron chi connectivity index (χ3n) is 6.56. The minimum Gasteiger partial charge on any atom is -0.508 e. The smallest absolute Gasteiger partial charge is 0.120 e. The van der Waals surface area contributed by atoms with E-state index in [-0.39, 0.29) is 0 Å². The third kappa shape index (κ3) is 11.1. The molecule has 0 aromatic heterocycles. The predicted octanol–water partition coefficient (Wildman–Crippen LogP) is 8.01. The number of unbranched alkanes of at least 4 members (excludes halogenated alkanes) is 12. The van der Waals surface area contributed by atoms with Crippen LogP contribution in [0.4, 0.5) is 0 Å². The van der Waals surface area contributed by atoms with Crippen molar-refractivity contribution in [1.82, 2.24) is 4.90 Å². The van der Waals surface area contributed by atoms with Crippen molar-refractivity contribution in [3.63, 3.8) is 0 Å². The zero-order valence-electron chi connectivity index (χ0n) is 19.3. The zero-order chi connectivity index (χ0) is 20.6. The van der Waals surface area contributed by atoms with Crippen LogP contribution < -0.4 is 0 Å². The van der Waals surface area contributed by atoms with Crippen molar-refractivity contribution in [2.24, 2.45) is 0 Å². The third-order valence-corrected chi connectivity index (χ3v) is 6.56. The molecule has 2 nitrogen and oxygen atoms in total. The lowest BCUT2D eigenvalue weighted by Crippen LogP contribution is -2.29. The van der Waals surface area contributed by atoms with Gasteiger partial charge in [0.05, 0.1) is 0 Å². The normalized spacial score (nSPS) is 15.1. The van der Waals surface area contributed by atoms with Crippen molar-refractivity contribution < 1.29 is 5.11 Å². The van der Waals surface area contributed by atoms with Crippen molar-refractivity contribution in [3.8, 4) is 5.75 Å². The van der Waals surface area contributed by atoms with Crippen LogP contribution in [0, 0.1) is 0 Å². The van der Waals surface area contributed by atoms with E-state index in [0.29, 0.717) is 5.75 Å². The second-order valence-electron chi connectivity index (χ2n) is 9.29. The Morgan fingerprint density at radius 1 is 0.724 bits per heavy atom. The van der Waals surface area contributed by atoms with Gasteiger partial charge in [0.25, 0.3) is 0 Å². The second kappa shape index (κ2) is 15.8. The molecule has 1 aromatic rings. The summed E-state index contributed by atoms with van der Waals surface area (Å²) in [6.45, 7) is 5.56. The van der Waals surface area contributed by atoms with Gasteiger partial charge in [-0.05, 0) is 50.4 Å². The summed E-state index contributed by atoms with van der Waals surface area (Å²) >= 11 is 0. The van der Waals surface area contributed by atoms with E-state index >= 15 is 0 Å². The SMILES string of the molecule is CCCCCCCCCCCCCCCc1ccc(CN2CCCCC2)c(O)c1. The maximum Gasteiger partial charge on any atom is 0.120 e. The van der Waals surface area contributed by atoms with Crippen molar-refractivity contribution >= 4 is 0 Å². The number of benzene rings is 1. The summed E-state index contributed by atoms with van der Waals surface area (Å²) in [7, 11) is 0. The molecule has 0 saturated carbocycles. The first-order valence-corrected chi connectivity index (χ1v) is 12.8. The molecule has 1 saturated heterocycles. The Labute approximate surface area is 181 Å². The molecule has 1 fully saturated rings. The largest absolute Gasteiger partial charge is 0.508 e. The van der Waals surface area contributed by atoms with Crippen LogP contribution in [0.5, 0.6) is 5.75 Å². The molecule has 29 heavy (non-hydrogen) atoms. The number of hydrogen-bond acceptors (Lipinski definition) is 2. The summed E-state index contributed by atoms with van der Waals surface area (Å²) in [6.07, 6.45) is 23.3. The molecular formula is C27H47NO. The van der Waals surface area contributed by atoms with Crippen LogP contribution in [0.25, 0.3) is 0 Å². The molecule has 0 aliphatic carbocycles. The lowest BCUT2D eigenvalue weighted by Gasteiger charge is -2.26. The van der Waals surface area contributed by atoms with E-state index in [9.17, 15) is 5.11 Å². The molecule has 1 aliphatic heterocycles. The standard InChI is InChI=1S/C27H47NO/c1-2-3-4-5-6-7-8-9-10-11-12-13-15-18-25-19-20-26(27(29)23-25)24-28-21-16-14-17-22-28/h19-20,23,29H,2-18,21-22,24H2,1H3. The number of likely N-dealkylation sites (tertiary alicyclic amines) is 1. The lowest BCUT2D eigenvalue weighted by atomic mass is 10.0. The number of phenolic OH excluding ortho intramolecular Hbond substituents is 1. The predicted molar refractivity (Wildman–Crippen MR) is 127 cm³/mol. The molecular weight excluding hydrogens is 354 g/mol. The fourth-order valence-corrected chi connectivity index (χ4v) is 4.60. The van der Waals surface area contributed by atoms with Gasteiger partial charge >= 0.3 is 0 Å². The van der Waals surface area contributed by atoms with E-state index < -0.39 is 0 Å². The van der Waals surface area contributed by atoms with E-state index in [4.69, 9.17) is 0 Å². The number of piperidine rings is 1. The van der Waals surface area contributed by atoms with Crippen LogP contribution in [0.15, 0.2) is 18.2 Å². The van der Waals surface area contributed by atoms with Crippen LogP contribution in [0.3, 0.4) is 0 Å². The van der Waals surface area contributed by atoms with Gasteiger partial charge in [0.2, 0.25) is 0 Å². The first-order valence-electron chi connectivity index (χ1n) is 12.8. The van der Waals surface area contributed by atoms with Crippen LogP contribution >= 0.6 is 0 Å². The first-order chi connectivity index (χ1) is 14.3. The molecule has 0 spiro atoms. The van der Waals surface area contributed by atoms with E-state index in [1.807, 2.05) is 6.07 Å². The molecule has 0 bridgehead atoms. The quantitative estimate of drug-likeness (QED) is 0.283. The summed E-state index contributed by atoms with van der Waals surface area (Å²) in [5.41, 5.74) is 2.40. The van der Waals surface area contributed by atoms with Gasteiger partial charge < -0.3 is 5.11 Å². The Hall–Kier alpha value is -1.02. The van der Waals surface area contributed by atoms with Crippen LogP contribution in [-0.4, -0.2) is 23.1 Å². The summed E-state index contributed by atoms with van der Waals surface area (Å²) < 4.78 is 0. The number of nitrogens with zero attached hydrogens (tertiary/aromatic N) is 1. The average molecular weight is 402 g/mol. The highest BCUT2D eigenvalue weighted by Gasteiger charge is 2.12. The topological polar surface area (TPSA) is 23.5 Å². The minimum atomic E-state index is 0.503. The molecule has 2 rings (SSSR count). The average Bonchev–Trinajstić information content (AvgIpc) is 2.74. The van der Waals surface area contributed by atoms with Crippen molar-refractivity contribution in [3.05, 3.63) is 29.3 Å². The van der Waals surface area contributed by atoms with Gasteiger partial charge in [-0.1, -0.05) is 103 Å². The summed E-state index contributed by atoms with van der Waals surface area (Å²) in [5.74, 6) is 0.503. The van der Waals surface area contributed by atoms with Gasteiger partial charge in [-0.25, -0.2) is 0 Å². The second-order valence-corrected chi connectivity index (χ2v) is 9.29. The zero-order valence-corrected chi connectivity index (χ0v) is 19.3. The summed E-state index contributed by atoms with van der Waals surface area (Å²) in [5, 5.41) is 10.4. The fraction of sp³-hybridized carbons (Fsp3) is 0.778. The van der Waals surface area contributed by atoms with Gasteiger partial charge in [-0.3, -0.25) is 4.90 Å².